The summed E-state index contributed by atoms with van der Waals surface area (Å²) in [6, 6.07) is 27.6. The second kappa shape index (κ2) is 10.3. The quantitative estimate of drug-likeness (QED) is 0.259. The van der Waals surface area contributed by atoms with Crippen LogP contribution in [0, 0.1) is 6.92 Å². The third kappa shape index (κ3) is 4.86. The van der Waals surface area contributed by atoms with Crippen molar-refractivity contribution in [3.05, 3.63) is 112 Å². The molecule has 5 nitrogen and oxygen atoms in total. The Morgan fingerprint density at radius 3 is 2.53 bits per heavy atom. The maximum atomic E-state index is 13.1. The van der Waals surface area contributed by atoms with E-state index in [-0.39, 0.29) is 17.7 Å². The molecule has 0 atom stereocenters. The molecule has 1 fully saturated rings. The molecule has 180 valence electrons. The van der Waals surface area contributed by atoms with Crippen LogP contribution in [0.3, 0.4) is 0 Å². The van der Waals surface area contributed by atoms with Gasteiger partial charge in [-0.2, -0.15) is 0 Å². The fourth-order valence-corrected chi connectivity index (χ4v) is 5.13. The minimum atomic E-state index is -0.311. The van der Waals surface area contributed by atoms with E-state index in [0.717, 1.165) is 39.2 Å². The standard InChI is InChI=1S/C30H25NO4S/c1-20-8-5-9-21(16-20)18-31-29(32)27(36-30(31)33)17-23-12-7-15-26(34-2)28(23)35-19-24-13-6-11-22-10-3-4-14-25(22)24/h3-17H,18-19H2,1-2H3/b27-17-. The number of benzene rings is 4. The van der Waals surface area contributed by atoms with Gasteiger partial charge in [0.2, 0.25) is 0 Å². The third-order valence-electron chi connectivity index (χ3n) is 6.06. The molecule has 4 aromatic rings. The van der Waals surface area contributed by atoms with E-state index in [1.54, 1.807) is 13.2 Å². The molecule has 0 unspecified atom stereocenters. The van der Waals surface area contributed by atoms with E-state index in [1.165, 1.54) is 4.90 Å². The Morgan fingerprint density at radius 2 is 1.69 bits per heavy atom. The normalized spacial score (nSPS) is 14.6. The first kappa shape index (κ1) is 23.7. The summed E-state index contributed by atoms with van der Waals surface area (Å²) in [6.45, 7) is 2.56. The van der Waals surface area contributed by atoms with Crippen molar-refractivity contribution in [2.24, 2.45) is 0 Å². The van der Waals surface area contributed by atoms with Gasteiger partial charge in [-0.05, 0) is 52.7 Å². The van der Waals surface area contributed by atoms with Crippen molar-refractivity contribution in [3.63, 3.8) is 0 Å². The number of aryl methyl sites for hydroxylation is 1. The molecule has 0 radical (unpaired) electrons. The fraction of sp³-hybridized carbons (Fsp3) is 0.133. The van der Waals surface area contributed by atoms with Crippen molar-refractivity contribution in [2.75, 3.05) is 7.11 Å². The first-order chi connectivity index (χ1) is 17.5. The van der Waals surface area contributed by atoms with Crippen molar-refractivity contribution in [2.45, 2.75) is 20.1 Å². The number of amides is 2. The maximum absolute atomic E-state index is 13.1. The Hall–Kier alpha value is -4.03. The number of carbonyl (C=O) groups excluding carboxylic acids is 2. The number of nitrogens with zero attached hydrogens (tertiary/aromatic N) is 1. The van der Waals surface area contributed by atoms with Gasteiger partial charge in [-0.1, -0.05) is 84.4 Å². The first-order valence-corrected chi connectivity index (χ1v) is 12.4. The highest BCUT2D eigenvalue weighted by Crippen LogP contribution is 2.38. The Kier molecular flexibility index (Phi) is 6.78. The molecule has 6 heteroatoms. The summed E-state index contributed by atoms with van der Waals surface area (Å²) >= 11 is 0.941. The molecular formula is C30H25NO4S. The average molecular weight is 496 g/mol. The fourth-order valence-electron chi connectivity index (χ4n) is 4.30. The van der Waals surface area contributed by atoms with Crippen LogP contribution in [0.2, 0.25) is 0 Å². The minimum absolute atomic E-state index is 0.242. The van der Waals surface area contributed by atoms with E-state index in [1.807, 2.05) is 73.7 Å². The number of carbonyl (C=O) groups is 2. The molecule has 1 aliphatic heterocycles. The summed E-state index contributed by atoms with van der Waals surface area (Å²) < 4.78 is 11.8. The van der Waals surface area contributed by atoms with Crippen LogP contribution < -0.4 is 9.47 Å². The molecule has 4 aromatic carbocycles. The number of ether oxygens (including phenoxy) is 2. The van der Waals surface area contributed by atoms with Crippen LogP contribution in [0.1, 0.15) is 22.3 Å². The molecule has 1 saturated heterocycles. The van der Waals surface area contributed by atoms with Crippen molar-refractivity contribution in [1.29, 1.82) is 0 Å². The van der Waals surface area contributed by atoms with E-state index in [4.69, 9.17) is 9.47 Å². The van der Waals surface area contributed by atoms with E-state index in [0.29, 0.717) is 28.6 Å². The number of rotatable bonds is 7. The van der Waals surface area contributed by atoms with Gasteiger partial charge in [0, 0.05) is 5.56 Å². The van der Waals surface area contributed by atoms with Gasteiger partial charge in [-0.15, -0.1) is 0 Å². The van der Waals surface area contributed by atoms with E-state index >= 15 is 0 Å². The lowest BCUT2D eigenvalue weighted by molar-refractivity contribution is -0.123. The molecule has 0 aliphatic carbocycles. The monoisotopic (exact) mass is 495 g/mol. The smallest absolute Gasteiger partial charge is 0.293 e. The molecule has 0 aromatic heterocycles. The Bertz CT molecular complexity index is 1490. The Labute approximate surface area is 214 Å². The molecule has 36 heavy (non-hydrogen) atoms. The van der Waals surface area contributed by atoms with Gasteiger partial charge in [-0.25, -0.2) is 0 Å². The molecule has 0 saturated carbocycles. The van der Waals surface area contributed by atoms with E-state index in [2.05, 4.69) is 18.2 Å². The van der Waals surface area contributed by atoms with Crippen LogP contribution in [0.4, 0.5) is 4.79 Å². The Morgan fingerprint density at radius 1 is 0.917 bits per heavy atom. The van der Waals surface area contributed by atoms with Crippen LogP contribution in [-0.4, -0.2) is 23.2 Å². The van der Waals surface area contributed by atoms with Crippen molar-refractivity contribution < 1.29 is 19.1 Å². The van der Waals surface area contributed by atoms with Gasteiger partial charge in [0.1, 0.15) is 6.61 Å². The summed E-state index contributed by atoms with van der Waals surface area (Å²) in [6.07, 6.45) is 1.71. The van der Waals surface area contributed by atoms with Gasteiger partial charge < -0.3 is 9.47 Å². The molecule has 0 spiro atoms. The summed E-state index contributed by atoms with van der Waals surface area (Å²) in [5, 5.41) is 1.98. The number of thioether (sulfide) groups is 1. The number of imide groups is 1. The number of hydrogen-bond donors (Lipinski definition) is 0. The predicted octanol–water partition coefficient (Wildman–Crippen LogP) is 6.97. The van der Waals surface area contributed by atoms with Crippen LogP contribution in [0.25, 0.3) is 16.8 Å². The van der Waals surface area contributed by atoms with Crippen molar-refractivity contribution in [1.82, 2.24) is 4.90 Å². The number of methoxy groups -OCH3 is 1. The van der Waals surface area contributed by atoms with Gasteiger partial charge in [0.15, 0.2) is 11.5 Å². The molecule has 1 aliphatic rings. The molecular weight excluding hydrogens is 470 g/mol. The van der Waals surface area contributed by atoms with Crippen LogP contribution in [-0.2, 0) is 17.9 Å². The van der Waals surface area contributed by atoms with Crippen LogP contribution in [0.15, 0.2) is 89.8 Å². The second-order valence-corrected chi connectivity index (χ2v) is 9.56. The summed E-state index contributed by atoms with van der Waals surface area (Å²) in [4.78, 5) is 27.5. The topological polar surface area (TPSA) is 55.8 Å². The van der Waals surface area contributed by atoms with Gasteiger partial charge in [0.25, 0.3) is 11.1 Å². The maximum Gasteiger partial charge on any atom is 0.293 e. The van der Waals surface area contributed by atoms with Crippen molar-refractivity contribution >= 4 is 39.8 Å². The molecule has 5 rings (SSSR count). The summed E-state index contributed by atoms with van der Waals surface area (Å²) in [5.41, 5.74) is 3.72. The zero-order valence-electron chi connectivity index (χ0n) is 20.1. The van der Waals surface area contributed by atoms with Crippen LogP contribution >= 0.6 is 11.8 Å². The zero-order chi connectivity index (χ0) is 25.1. The van der Waals surface area contributed by atoms with Gasteiger partial charge >= 0.3 is 0 Å². The molecule has 2 amide bonds. The predicted molar refractivity (Wildman–Crippen MR) is 144 cm³/mol. The number of hydrogen-bond acceptors (Lipinski definition) is 5. The highest BCUT2D eigenvalue weighted by Gasteiger charge is 2.35. The zero-order valence-corrected chi connectivity index (χ0v) is 20.9. The highest BCUT2D eigenvalue weighted by atomic mass is 32.2. The lowest BCUT2D eigenvalue weighted by atomic mass is 10.1. The lowest BCUT2D eigenvalue weighted by Crippen LogP contribution is -2.27. The molecule has 1 heterocycles. The molecule has 0 bridgehead atoms. The largest absolute Gasteiger partial charge is 0.493 e. The number of fused-ring (bicyclic) bond motifs is 1. The van der Waals surface area contributed by atoms with E-state index in [9.17, 15) is 9.59 Å². The lowest BCUT2D eigenvalue weighted by Gasteiger charge is -2.15. The second-order valence-electron chi connectivity index (χ2n) is 8.56. The summed E-state index contributed by atoms with van der Waals surface area (Å²) in [7, 11) is 1.58. The van der Waals surface area contributed by atoms with Gasteiger partial charge in [0.05, 0.1) is 18.6 Å². The Balaban J connectivity index is 1.42. The molecule has 0 N–H and O–H groups in total. The van der Waals surface area contributed by atoms with Gasteiger partial charge in [-0.3, -0.25) is 14.5 Å². The van der Waals surface area contributed by atoms with Crippen molar-refractivity contribution in [3.8, 4) is 11.5 Å². The third-order valence-corrected chi connectivity index (χ3v) is 6.97. The highest BCUT2D eigenvalue weighted by molar-refractivity contribution is 8.18. The SMILES string of the molecule is COc1cccc(/C=C2\SC(=O)N(Cc3cccc(C)c3)C2=O)c1OCc1cccc2ccccc12. The summed E-state index contributed by atoms with van der Waals surface area (Å²) in [5.74, 6) is 0.774. The first-order valence-electron chi connectivity index (χ1n) is 11.6. The van der Waals surface area contributed by atoms with Crippen LogP contribution in [0.5, 0.6) is 11.5 Å². The number of para-hydroxylation sites is 1. The average Bonchev–Trinajstić information content (AvgIpc) is 3.15. The minimum Gasteiger partial charge on any atom is -0.493 e. The van der Waals surface area contributed by atoms with E-state index < -0.39 is 0 Å².